The lowest BCUT2D eigenvalue weighted by atomic mass is 10.1. The van der Waals surface area contributed by atoms with Crippen molar-refractivity contribution in [2.45, 2.75) is 52.2 Å². The number of carbonyl (C=O) groups excluding carboxylic acids is 1. The summed E-state index contributed by atoms with van der Waals surface area (Å²) < 4.78 is 26.8. The summed E-state index contributed by atoms with van der Waals surface area (Å²) in [5, 5.41) is 7.61. The van der Waals surface area contributed by atoms with Crippen LogP contribution in [-0.4, -0.2) is 28.4 Å². The summed E-state index contributed by atoms with van der Waals surface area (Å²) in [6, 6.07) is 10.2. The zero-order valence-corrected chi connectivity index (χ0v) is 18.3. The van der Waals surface area contributed by atoms with Gasteiger partial charge in [0.15, 0.2) is 5.69 Å². The number of carbonyl (C=O) groups is 1. The summed E-state index contributed by atoms with van der Waals surface area (Å²) in [5.41, 5.74) is 5.20. The average Bonchev–Trinajstić information content (AvgIpc) is 3.47. The van der Waals surface area contributed by atoms with E-state index in [0.29, 0.717) is 18.8 Å². The number of hydrogen-bond donors (Lipinski definition) is 1. The highest BCUT2D eigenvalue weighted by Crippen LogP contribution is 2.35. The van der Waals surface area contributed by atoms with Crippen LogP contribution in [0.2, 0.25) is 0 Å². The minimum atomic E-state index is -0.298. The molecule has 1 N–H and O–H groups in total. The molecule has 0 saturated heterocycles. The molecule has 0 saturated carbocycles. The first-order valence-corrected chi connectivity index (χ1v) is 11.1. The van der Waals surface area contributed by atoms with E-state index in [-0.39, 0.29) is 17.8 Å². The van der Waals surface area contributed by atoms with Gasteiger partial charge in [0.25, 0.3) is 5.91 Å². The van der Waals surface area contributed by atoms with Gasteiger partial charge in [-0.3, -0.25) is 4.79 Å². The maximum absolute atomic E-state index is 13.4. The van der Waals surface area contributed by atoms with Gasteiger partial charge in [-0.05, 0) is 69.5 Å². The van der Waals surface area contributed by atoms with E-state index < -0.39 is 0 Å². The van der Waals surface area contributed by atoms with Gasteiger partial charge in [-0.2, -0.15) is 5.10 Å². The van der Waals surface area contributed by atoms with Crippen LogP contribution in [0, 0.1) is 5.82 Å². The fraction of sp³-hybridized carbons (Fsp3) is 0.360. The molecular formula is C25H26FN3O3. The number of halogens is 1. The molecule has 2 aliphatic rings. The second kappa shape index (κ2) is 8.30. The van der Waals surface area contributed by atoms with E-state index in [9.17, 15) is 9.18 Å². The largest absolute Gasteiger partial charge is 0.494 e. The lowest BCUT2D eigenvalue weighted by Gasteiger charge is -2.13. The lowest BCUT2D eigenvalue weighted by Crippen LogP contribution is -2.24. The average molecular weight is 435 g/mol. The Labute approximate surface area is 186 Å². The Morgan fingerprint density at radius 2 is 2.09 bits per heavy atom. The third kappa shape index (κ3) is 3.72. The molecule has 1 atom stereocenters. The summed E-state index contributed by atoms with van der Waals surface area (Å²) in [6.07, 6.45) is 3.64. The molecule has 7 heteroatoms. The SMILES string of the molecule is CCOc1cc2c(cc1CNC(=O)c1nn(-c3ccc(F)cc3)c3c1CCC3)OC(C)C2. The van der Waals surface area contributed by atoms with Crippen LogP contribution in [0.4, 0.5) is 4.39 Å². The summed E-state index contributed by atoms with van der Waals surface area (Å²) in [4.78, 5) is 13.1. The van der Waals surface area contributed by atoms with Crippen LogP contribution < -0.4 is 14.8 Å². The quantitative estimate of drug-likeness (QED) is 0.632. The van der Waals surface area contributed by atoms with Gasteiger partial charge in [0, 0.05) is 35.3 Å². The Hall–Kier alpha value is -3.35. The zero-order chi connectivity index (χ0) is 22.2. The van der Waals surface area contributed by atoms with Crippen molar-refractivity contribution in [3.63, 3.8) is 0 Å². The first kappa shape index (κ1) is 20.5. The Morgan fingerprint density at radius 1 is 1.28 bits per heavy atom. The molecule has 3 aromatic rings. The van der Waals surface area contributed by atoms with Crippen LogP contribution in [0.1, 0.15) is 53.1 Å². The molecule has 1 aliphatic carbocycles. The molecule has 0 bridgehead atoms. The molecule has 0 spiro atoms. The van der Waals surface area contributed by atoms with Gasteiger partial charge in [0.05, 0.1) is 12.3 Å². The van der Waals surface area contributed by atoms with E-state index in [1.165, 1.54) is 12.1 Å². The van der Waals surface area contributed by atoms with Crippen molar-refractivity contribution >= 4 is 5.91 Å². The summed E-state index contributed by atoms with van der Waals surface area (Å²) >= 11 is 0. The van der Waals surface area contributed by atoms with E-state index in [1.54, 1.807) is 16.8 Å². The Balaban J connectivity index is 1.39. The number of nitrogens with one attached hydrogen (secondary N) is 1. The molecule has 32 heavy (non-hydrogen) atoms. The minimum Gasteiger partial charge on any atom is -0.494 e. The molecular weight excluding hydrogens is 409 g/mol. The highest BCUT2D eigenvalue weighted by Gasteiger charge is 2.27. The maximum Gasteiger partial charge on any atom is 0.272 e. The van der Waals surface area contributed by atoms with Gasteiger partial charge in [-0.1, -0.05) is 0 Å². The zero-order valence-electron chi connectivity index (χ0n) is 18.3. The minimum absolute atomic E-state index is 0.141. The Kier molecular flexibility index (Phi) is 5.33. The fourth-order valence-corrected chi connectivity index (χ4v) is 4.58. The maximum atomic E-state index is 13.4. The molecule has 1 amide bonds. The molecule has 2 aromatic carbocycles. The van der Waals surface area contributed by atoms with Gasteiger partial charge in [0.1, 0.15) is 23.4 Å². The van der Waals surface area contributed by atoms with Crippen molar-refractivity contribution < 1.29 is 18.7 Å². The molecule has 2 heterocycles. The van der Waals surface area contributed by atoms with Crippen LogP contribution in [0.15, 0.2) is 36.4 Å². The Bertz CT molecular complexity index is 1170. The monoisotopic (exact) mass is 435 g/mol. The number of rotatable bonds is 6. The van der Waals surface area contributed by atoms with Crippen molar-refractivity contribution in [1.29, 1.82) is 0 Å². The molecule has 5 rings (SSSR count). The van der Waals surface area contributed by atoms with Crippen LogP contribution in [-0.2, 0) is 25.8 Å². The van der Waals surface area contributed by atoms with E-state index in [0.717, 1.165) is 65.3 Å². The second-order valence-corrected chi connectivity index (χ2v) is 8.33. The first-order chi connectivity index (χ1) is 15.5. The molecule has 166 valence electrons. The van der Waals surface area contributed by atoms with Crippen LogP contribution in [0.25, 0.3) is 5.69 Å². The van der Waals surface area contributed by atoms with E-state index in [4.69, 9.17) is 9.47 Å². The lowest BCUT2D eigenvalue weighted by molar-refractivity contribution is 0.0944. The highest BCUT2D eigenvalue weighted by molar-refractivity contribution is 5.94. The topological polar surface area (TPSA) is 65.4 Å². The van der Waals surface area contributed by atoms with Gasteiger partial charge in [0.2, 0.25) is 0 Å². The molecule has 1 aromatic heterocycles. The van der Waals surface area contributed by atoms with Crippen molar-refractivity contribution in [2.75, 3.05) is 6.61 Å². The number of aromatic nitrogens is 2. The highest BCUT2D eigenvalue weighted by atomic mass is 19.1. The number of hydrogen-bond acceptors (Lipinski definition) is 4. The normalized spacial score (nSPS) is 16.4. The van der Waals surface area contributed by atoms with Gasteiger partial charge in [-0.25, -0.2) is 9.07 Å². The standard InChI is InChI=1S/C25H26FN3O3/c1-3-31-22-12-16-11-15(2)32-23(16)13-17(22)14-27-25(30)24-20-5-4-6-21(20)29(28-24)19-9-7-18(26)8-10-19/h7-10,12-13,15H,3-6,11,14H2,1-2H3,(H,27,30). The van der Waals surface area contributed by atoms with Crippen LogP contribution in [0.5, 0.6) is 11.5 Å². The van der Waals surface area contributed by atoms with Crippen molar-refractivity contribution in [3.8, 4) is 17.2 Å². The predicted octanol–water partition coefficient (Wildman–Crippen LogP) is 4.15. The Morgan fingerprint density at radius 3 is 2.88 bits per heavy atom. The number of benzene rings is 2. The third-order valence-electron chi connectivity index (χ3n) is 6.03. The molecule has 6 nitrogen and oxygen atoms in total. The van der Waals surface area contributed by atoms with Crippen LogP contribution >= 0.6 is 0 Å². The van der Waals surface area contributed by atoms with Crippen molar-refractivity contribution in [1.82, 2.24) is 15.1 Å². The van der Waals surface area contributed by atoms with Crippen LogP contribution in [0.3, 0.4) is 0 Å². The predicted molar refractivity (Wildman–Crippen MR) is 118 cm³/mol. The molecule has 1 unspecified atom stereocenters. The van der Waals surface area contributed by atoms with Crippen molar-refractivity contribution in [3.05, 3.63) is 70.3 Å². The van der Waals surface area contributed by atoms with Gasteiger partial charge >= 0.3 is 0 Å². The number of fused-ring (bicyclic) bond motifs is 2. The first-order valence-electron chi connectivity index (χ1n) is 11.1. The molecule has 0 radical (unpaired) electrons. The van der Waals surface area contributed by atoms with E-state index >= 15 is 0 Å². The second-order valence-electron chi connectivity index (χ2n) is 8.33. The van der Waals surface area contributed by atoms with Gasteiger partial charge < -0.3 is 14.8 Å². The number of ether oxygens (including phenoxy) is 2. The molecule has 1 aliphatic heterocycles. The fourth-order valence-electron chi connectivity index (χ4n) is 4.58. The number of amides is 1. The van der Waals surface area contributed by atoms with Gasteiger partial charge in [-0.15, -0.1) is 0 Å². The smallest absolute Gasteiger partial charge is 0.272 e. The summed E-state index contributed by atoms with van der Waals surface area (Å²) in [7, 11) is 0. The van der Waals surface area contributed by atoms with E-state index in [2.05, 4.69) is 10.4 Å². The van der Waals surface area contributed by atoms with E-state index in [1.807, 2.05) is 26.0 Å². The summed E-state index contributed by atoms with van der Waals surface area (Å²) in [6.45, 7) is 4.85. The van der Waals surface area contributed by atoms with Crippen molar-refractivity contribution in [2.24, 2.45) is 0 Å². The summed E-state index contributed by atoms with van der Waals surface area (Å²) in [5.74, 6) is 1.10. The number of nitrogens with zero attached hydrogens (tertiary/aromatic N) is 2. The third-order valence-corrected chi connectivity index (χ3v) is 6.03. The molecule has 0 fully saturated rings.